The largest absolute Gasteiger partial charge is 0.376 e. The first-order valence-corrected chi connectivity index (χ1v) is 6.11. The van der Waals surface area contributed by atoms with Gasteiger partial charge in [0, 0.05) is 5.92 Å². The molecule has 0 amide bonds. The van der Waals surface area contributed by atoms with Crippen LogP contribution in [-0.4, -0.2) is 41.2 Å². The highest BCUT2D eigenvalue weighted by molar-refractivity contribution is 5.36. The van der Waals surface area contributed by atoms with Gasteiger partial charge in [0.15, 0.2) is 0 Å². The number of rotatable bonds is 0. The lowest BCUT2D eigenvalue weighted by molar-refractivity contribution is -0.536. The first kappa shape index (κ1) is 19.4. The quantitative estimate of drug-likeness (QED) is 0.504. The third kappa shape index (κ3) is 1.23. The van der Waals surface area contributed by atoms with E-state index in [1.54, 1.807) is 0 Å². The van der Waals surface area contributed by atoms with E-state index in [1.165, 1.54) is 0 Å². The standard InChI is InChI=1S/C11H7F13/c1-3-4(2)7(15,16)6(14,9(19,20)5(3,12)13)10(21,22)11(23,24)8(4,17)18/h3H,1-2H3. The molecular formula is C11H7F13. The van der Waals surface area contributed by atoms with Gasteiger partial charge in [0.2, 0.25) is 0 Å². The maximum atomic E-state index is 14.1. The molecule has 0 aromatic heterocycles. The summed E-state index contributed by atoms with van der Waals surface area (Å²) in [7, 11) is 0. The SMILES string of the molecule is CC1C(F)(F)C(F)(F)C2(F)C(F)(F)C(F)(F)C(F)(F)C1(C)C2(F)F. The van der Waals surface area contributed by atoms with Gasteiger partial charge < -0.3 is 0 Å². The third-order valence-corrected chi connectivity index (χ3v) is 5.22. The van der Waals surface area contributed by atoms with Crippen molar-refractivity contribution in [1.82, 2.24) is 0 Å². The fourth-order valence-electron chi connectivity index (χ4n) is 3.29. The normalized spacial score (nSPS) is 46.4. The molecule has 3 atom stereocenters. The summed E-state index contributed by atoms with van der Waals surface area (Å²) in [6.45, 7) is -1.12. The minimum absolute atomic E-state index is 0.380. The van der Waals surface area contributed by atoms with Gasteiger partial charge in [-0.15, -0.1) is 0 Å². The van der Waals surface area contributed by atoms with Crippen LogP contribution in [0.1, 0.15) is 13.8 Å². The molecule has 142 valence electrons. The van der Waals surface area contributed by atoms with Gasteiger partial charge >= 0.3 is 41.2 Å². The average molecular weight is 386 g/mol. The molecule has 24 heavy (non-hydrogen) atoms. The summed E-state index contributed by atoms with van der Waals surface area (Å²) in [6.07, 6.45) is 0. The summed E-state index contributed by atoms with van der Waals surface area (Å²) in [5.74, 6) is -45.1. The van der Waals surface area contributed by atoms with E-state index >= 15 is 0 Å². The Labute approximate surface area is 125 Å². The Morgan fingerprint density at radius 2 is 0.875 bits per heavy atom. The zero-order valence-electron chi connectivity index (χ0n) is 11.5. The molecule has 2 saturated carbocycles. The first-order valence-electron chi connectivity index (χ1n) is 6.11. The van der Waals surface area contributed by atoms with Crippen LogP contribution in [0.15, 0.2) is 0 Å². The molecule has 0 saturated heterocycles. The summed E-state index contributed by atoms with van der Waals surface area (Å²) in [4.78, 5) is 0. The topological polar surface area (TPSA) is 0 Å². The Morgan fingerprint density at radius 1 is 0.500 bits per heavy atom. The van der Waals surface area contributed by atoms with Crippen molar-refractivity contribution in [2.45, 2.75) is 55.1 Å². The second-order valence-electron chi connectivity index (χ2n) is 6.08. The van der Waals surface area contributed by atoms with Gasteiger partial charge in [0.25, 0.3) is 0 Å². The first-order chi connectivity index (χ1) is 10.2. The Morgan fingerprint density at radius 3 is 1.25 bits per heavy atom. The van der Waals surface area contributed by atoms with Crippen LogP contribution in [0.4, 0.5) is 57.1 Å². The van der Waals surface area contributed by atoms with Gasteiger partial charge in [0.1, 0.15) is 5.41 Å². The fourth-order valence-corrected chi connectivity index (χ4v) is 3.29. The molecule has 2 aliphatic rings. The minimum atomic E-state index is -7.50. The average Bonchev–Trinajstić information content (AvgIpc) is 2.40. The van der Waals surface area contributed by atoms with Gasteiger partial charge in [-0.05, 0) is 6.92 Å². The van der Waals surface area contributed by atoms with Crippen molar-refractivity contribution in [2.24, 2.45) is 11.3 Å². The van der Waals surface area contributed by atoms with Crippen molar-refractivity contribution in [1.29, 1.82) is 0 Å². The molecule has 0 aromatic rings. The number of alkyl halides is 13. The second-order valence-corrected chi connectivity index (χ2v) is 6.08. The van der Waals surface area contributed by atoms with Gasteiger partial charge in [0.05, 0.1) is 0 Å². The predicted molar refractivity (Wildman–Crippen MR) is 50.8 cm³/mol. The van der Waals surface area contributed by atoms with Crippen LogP contribution in [0.3, 0.4) is 0 Å². The van der Waals surface area contributed by atoms with E-state index in [0.29, 0.717) is 0 Å². The van der Waals surface area contributed by atoms with Crippen LogP contribution in [0.25, 0.3) is 0 Å². The molecule has 0 radical (unpaired) electrons. The van der Waals surface area contributed by atoms with Gasteiger partial charge in [-0.1, -0.05) is 6.92 Å². The molecule has 2 fully saturated rings. The summed E-state index contributed by atoms with van der Waals surface area (Å²) in [5, 5.41) is 0. The van der Waals surface area contributed by atoms with E-state index in [0.717, 1.165) is 0 Å². The van der Waals surface area contributed by atoms with Crippen LogP contribution in [0.5, 0.6) is 0 Å². The Kier molecular flexibility index (Phi) is 3.17. The molecular weight excluding hydrogens is 379 g/mol. The van der Waals surface area contributed by atoms with E-state index in [4.69, 9.17) is 0 Å². The molecule has 2 rings (SSSR count). The van der Waals surface area contributed by atoms with E-state index in [9.17, 15) is 57.1 Å². The molecule has 3 unspecified atom stereocenters. The van der Waals surface area contributed by atoms with Crippen LogP contribution in [-0.2, 0) is 0 Å². The van der Waals surface area contributed by atoms with Crippen LogP contribution in [0.2, 0.25) is 0 Å². The number of hydrogen-bond donors (Lipinski definition) is 0. The Bertz CT molecular complexity index is 576. The maximum Gasteiger partial charge on any atom is 0.376 e. The smallest absolute Gasteiger partial charge is 0.223 e. The highest BCUT2D eigenvalue weighted by Crippen LogP contribution is 2.81. The minimum Gasteiger partial charge on any atom is -0.223 e. The second kappa shape index (κ2) is 3.92. The third-order valence-electron chi connectivity index (χ3n) is 5.22. The molecule has 0 nitrogen and oxygen atoms in total. The highest BCUT2D eigenvalue weighted by atomic mass is 19.4. The van der Waals surface area contributed by atoms with Crippen molar-refractivity contribution >= 4 is 0 Å². The Balaban J connectivity index is 3.10. The van der Waals surface area contributed by atoms with Gasteiger partial charge in [-0.2, -0.15) is 43.9 Å². The summed E-state index contributed by atoms with van der Waals surface area (Å²) in [5.41, 5.74) is -12.5. The molecule has 0 N–H and O–H groups in total. The maximum absolute atomic E-state index is 14.1. The molecule has 2 aliphatic carbocycles. The van der Waals surface area contributed by atoms with Crippen molar-refractivity contribution < 1.29 is 57.1 Å². The van der Waals surface area contributed by atoms with E-state index in [2.05, 4.69) is 0 Å². The molecule has 0 spiro atoms. The molecule has 0 heterocycles. The summed E-state index contributed by atoms with van der Waals surface area (Å²) in [6, 6.07) is 0. The monoisotopic (exact) mass is 386 g/mol. The molecule has 0 aromatic carbocycles. The Hall–Kier alpha value is -0.910. The van der Waals surface area contributed by atoms with Crippen molar-refractivity contribution in [3.8, 4) is 0 Å². The highest BCUT2D eigenvalue weighted by Gasteiger charge is 3.08. The predicted octanol–water partition coefficient (Wildman–Crippen LogP) is 5.18. The summed E-state index contributed by atoms with van der Waals surface area (Å²) >= 11 is 0. The van der Waals surface area contributed by atoms with Gasteiger partial charge in [-0.25, -0.2) is 13.2 Å². The number of hydrogen-bond acceptors (Lipinski definition) is 0. The molecule has 2 bridgehead atoms. The lowest BCUT2D eigenvalue weighted by atomic mass is 9.47. The number of fused-ring (bicyclic) bond motifs is 2. The fraction of sp³-hybridized carbons (Fsp3) is 1.00. The van der Waals surface area contributed by atoms with E-state index < -0.39 is 59.5 Å². The van der Waals surface area contributed by atoms with Crippen LogP contribution in [0, 0.1) is 11.3 Å². The van der Waals surface area contributed by atoms with Crippen molar-refractivity contribution in [2.75, 3.05) is 0 Å². The molecule has 13 heteroatoms. The van der Waals surface area contributed by atoms with Crippen LogP contribution >= 0.6 is 0 Å². The van der Waals surface area contributed by atoms with Crippen molar-refractivity contribution in [3.05, 3.63) is 0 Å². The van der Waals surface area contributed by atoms with E-state index in [-0.39, 0.29) is 6.92 Å². The lowest BCUT2D eigenvalue weighted by Crippen LogP contribution is -2.93. The van der Waals surface area contributed by atoms with Crippen molar-refractivity contribution in [3.63, 3.8) is 0 Å². The van der Waals surface area contributed by atoms with E-state index in [1.807, 2.05) is 0 Å². The zero-order chi connectivity index (χ0) is 19.6. The lowest BCUT2D eigenvalue weighted by Gasteiger charge is -2.65. The molecule has 0 aliphatic heterocycles. The van der Waals surface area contributed by atoms with Crippen LogP contribution < -0.4 is 0 Å². The summed E-state index contributed by atoms with van der Waals surface area (Å²) < 4.78 is 178. The number of halogens is 13. The zero-order valence-corrected chi connectivity index (χ0v) is 11.5. The van der Waals surface area contributed by atoms with Gasteiger partial charge in [-0.3, -0.25) is 0 Å².